The molecule has 1 aliphatic rings. The van der Waals surface area contributed by atoms with Crippen molar-refractivity contribution in [2.45, 2.75) is 6.73 Å². The van der Waals surface area contributed by atoms with E-state index in [1.54, 1.807) is 7.11 Å². The van der Waals surface area contributed by atoms with Gasteiger partial charge < -0.3 is 14.0 Å². The number of nitrogens with zero attached hydrogens (tertiary/aromatic N) is 1. The maximum absolute atomic E-state index is 6.34. The molecule has 0 saturated heterocycles. The molecule has 1 aliphatic heterocycles. The van der Waals surface area contributed by atoms with Crippen LogP contribution in [0.25, 0.3) is 33.3 Å². The molecular formula is C22H15Cl2NO2. The van der Waals surface area contributed by atoms with Crippen molar-refractivity contribution in [3.8, 4) is 33.9 Å². The smallest absolute Gasteiger partial charge is 0.165 e. The van der Waals surface area contributed by atoms with Crippen molar-refractivity contribution in [2.75, 3.05) is 7.11 Å². The van der Waals surface area contributed by atoms with Crippen molar-refractivity contribution in [3.63, 3.8) is 0 Å². The first-order valence-electron chi connectivity index (χ1n) is 8.54. The summed E-state index contributed by atoms with van der Waals surface area (Å²) in [5.41, 5.74) is 5.36. The van der Waals surface area contributed by atoms with Gasteiger partial charge in [0.15, 0.2) is 6.73 Å². The van der Waals surface area contributed by atoms with Crippen LogP contribution in [-0.4, -0.2) is 11.7 Å². The van der Waals surface area contributed by atoms with E-state index in [-0.39, 0.29) is 0 Å². The average Bonchev–Trinajstić information content (AvgIpc) is 3.01. The lowest BCUT2D eigenvalue weighted by Crippen LogP contribution is -2.12. The Morgan fingerprint density at radius 2 is 1.78 bits per heavy atom. The van der Waals surface area contributed by atoms with E-state index in [1.165, 1.54) is 0 Å². The summed E-state index contributed by atoms with van der Waals surface area (Å²) in [6, 6.07) is 19.8. The number of hydrogen-bond donors (Lipinski definition) is 0. The second kappa shape index (κ2) is 6.22. The molecule has 27 heavy (non-hydrogen) atoms. The minimum Gasteiger partial charge on any atom is -0.497 e. The Kier molecular flexibility index (Phi) is 3.81. The zero-order chi connectivity index (χ0) is 18.5. The SMILES string of the molecule is COc1cccc(-c2c3n(c4ccc(Cl)cc24)COc2cc(Cl)ccc2-3)c1. The minimum absolute atomic E-state index is 0.421. The lowest BCUT2D eigenvalue weighted by molar-refractivity contribution is 0.235. The molecule has 5 rings (SSSR count). The van der Waals surface area contributed by atoms with Crippen LogP contribution in [0.3, 0.4) is 0 Å². The summed E-state index contributed by atoms with van der Waals surface area (Å²) in [6.07, 6.45) is 0. The van der Waals surface area contributed by atoms with Gasteiger partial charge in [-0.2, -0.15) is 0 Å². The molecule has 0 aliphatic carbocycles. The number of ether oxygens (including phenoxy) is 2. The highest BCUT2D eigenvalue weighted by Gasteiger charge is 2.26. The summed E-state index contributed by atoms with van der Waals surface area (Å²) < 4.78 is 13.6. The molecule has 1 aromatic heterocycles. The second-order valence-corrected chi connectivity index (χ2v) is 7.33. The molecule has 0 amide bonds. The highest BCUT2D eigenvalue weighted by atomic mass is 35.5. The Bertz CT molecular complexity index is 1200. The summed E-state index contributed by atoms with van der Waals surface area (Å²) >= 11 is 12.5. The predicted octanol–water partition coefficient (Wildman–Crippen LogP) is 6.64. The summed E-state index contributed by atoms with van der Waals surface area (Å²) in [5, 5.41) is 2.44. The molecule has 0 radical (unpaired) electrons. The van der Waals surface area contributed by atoms with Crippen LogP contribution in [0.1, 0.15) is 0 Å². The monoisotopic (exact) mass is 395 g/mol. The van der Waals surface area contributed by atoms with Gasteiger partial charge in [0, 0.05) is 26.6 Å². The lowest BCUT2D eigenvalue weighted by atomic mass is 9.97. The molecule has 2 heterocycles. The van der Waals surface area contributed by atoms with Crippen molar-refractivity contribution in [1.29, 1.82) is 0 Å². The molecule has 4 aromatic rings. The number of aromatic nitrogens is 1. The van der Waals surface area contributed by atoms with Crippen LogP contribution in [0.5, 0.6) is 11.5 Å². The van der Waals surface area contributed by atoms with E-state index in [9.17, 15) is 0 Å². The topological polar surface area (TPSA) is 23.4 Å². The first-order valence-corrected chi connectivity index (χ1v) is 9.30. The molecular weight excluding hydrogens is 381 g/mol. The van der Waals surface area contributed by atoms with Gasteiger partial charge in [-0.15, -0.1) is 0 Å². The fraction of sp³-hybridized carbons (Fsp3) is 0.0909. The van der Waals surface area contributed by atoms with Crippen LogP contribution in [-0.2, 0) is 6.73 Å². The van der Waals surface area contributed by atoms with Crippen LogP contribution < -0.4 is 9.47 Å². The first-order chi connectivity index (χ1) is 13.2. The van der Waals surface area contributed by atoms with Crippen LogP contribution in [0.4, 0.5) is 0 Å². The molecule has 0 bridgehead atoms. The second-order valence-electron chi connectivity index (χ2n) is 6.46. The quantitative estimate of drug-likeness (QED) is 0.379. The molecule has 3 aromatic carbocycles. The van der Waals surface area contributed by atoms with Gasteiger partial charge in [-0.25, -0.2) is 0 Å². The molecule has 3 nitrogen and oxygen atoms in total. The fourth-order valence-electron chi connectivity index (χ4n) is 3.76. The maximum atomic E-state index is 6.34. The third kappa shape index (κ3) is 2.58. The lowest BCUT2D eigenvalue weighted by Gasteiger charge is -2.22. The van der Waals surface area contributed by atoms with Crippen molar-refractivity contribution in [3.05, 3.63) is 70.7 Å². The normalized spacial score (nSPS) is 12.4. The zero-order valence-electron chi connectivity index (χ0n) is 14.5. The fourth-order valence-corrected chi connectivity index (χ4v) is 4.09. The van der Waals surface area contributed by atoms with Crippen LogP contribution in [0, 0.1) is 0 Å². The Balaban J connectivity index is 1.90. The Morgan fingerprint density at radius 3 is 2.63 bits per heavy atom. The van der Waals surface area contributed by atoms with Crippen molar-refractivity contribution >= 4 is 34.1 Å². The largest absolute Gasteiger partial charge is 0.497 e. The molecule has 0 N–H and O–H groups in total. The minimum atomic E-state index is 0.421. The van der Waals surface area contributed by atoms with E-state index in [4.69, 9.17) is 32.7 Å². The highest BCUT2D eigenvalue weighted by Crippen LogP contribution is 2.47. The van der Waals surface area contributed by atoms with Gasteiger partial charge in [0.25, 0.3) is 0 Å². The Labute approximate surface area is 166 Å². The van der Waals surface area contributed by atoms with E-state index in [1.807, 2.05) is 54.6 Å². The molecule has 5 heteroatoms. The van der Waals surface area contributed by atoms with E-state index >= 15 is 0 Å². The zero-order valence-corrected chi connectivity index (χ0v) is 16.0. The number of benzene rings is 3. The molecule has 0 atom stereocenters. The van der Waals surface area contributed by atoms with Gasteiger partial charge in [0.1, 0.15) is 11.5 Å². The molecule has 134 valence electrons. The van der Waals surface area contributed by atoms with Gasteiger partial charge in [-0.3, -0.25) is 0 Å². The van der Waals surface area contributed by atoms with E-state index in [2.05, 4.69) is 10.6 Å². The third-order valence-corrected chi connectivity index (χ3v) is 5.40. The summed E-state index contributed by atoms with van der Waals surface area (Å²) in [6.45, 7) is 0.421. The van der Waals surface area contributed by atoms with Crippen molar-refractivity contribution < 1.29 is 9.47 Å². The molecule has 0 fully saturated rings. The standard InChI is InChI=1S/C22H15Cl2NO2/c1-26-16-4-2-3-13(9-16)21-18-10-14(23)6-8-19(18)25-12-27-20-11-15(24)5-7-17(20)22(21)25/h2-11H,12H2,1H3. The van der Waals surface area contributed by atoms with Gasteiger partial charge in [0.05, 0.1) is 18.3 Å². The molecule has 0 saturated carbocycles. The highest BCUT2D eigenvalue weighted by molar-refractivity contribution is 6.32. The van der Waals surface area contributed by atoms with Gasteiger partial charge >= 0.3 is 0 Å². The average molecular weight is 396 g/mol. The summed E-state index contributed by atoms with van der Waals surface area (Å²) in [7, 11) is 1.68. The summed E-state index contributed by atoms with van der Waals surface area (Å²) in [4.78, 5) is 0. The number of halogens is 2. The van der Waals surface area contributed by atoms with Crippen LogP contribution >= 0.6 is 23.2 Å². The molecule has 0 spiro atoms. The number of rotatable bonds is 2. The van der Waals surface area contributed by atoms with Crippen molar-refractivity contribution in [1.82, 2.24) is 4.57 Å². The van der Waals surface area contributed by atoms with Gasteiger partial charge in [0.2, 0.25) is 0 Å². The van der Waals surface area contributed by atoms with Gasteiger partial charge in [-0.05, 0) is 54.1 Å². The summed E-state index contributed by atoms with van der Waals surface area (Å²) in [5.74, 6) is 1.60. The Hall–Kier alpha value is -2.62. The Morgan fingerprint density at radius 1 is 0.963 bits per heavy atom. The van der Waals surface area contributed by atoms with E-state index in [0.717, 1.165) is 44.8 Å². The molecule has 0 unspecified atom stereocenters. The first kappa shape index (κ1) is 16.5. The van der Waals surface area contributed by atoms with Crippen LogP contribution in [0.2, 0.25) is 10.0 Å². The third-order valence-electron chi connectivity index (χ3n) is 4.93. The van der Waals surface area contributed by atoms with Gasteiger partial charge in [-0.1, -0.05) is 35.3 Å². The number of hydrogen-bond acceptors (Lipinski definition) is 2. The maximum Gasteiger partial charge on any atom is 0.165 e. The van der Waals surface area contributed by atoms with Crippen molar-refractivity contribution in [2.24, 2.45) is 0 Å². The predicted molar refractivity (Wildman–Crippen MR) is 110 cm³/mol. The van der Waals surface area contributed by atoms with E-state index < -0.39 is 0 Å². The number of fused-ring (bicyclic) bond motifs is 5. The van der Waals surface area contributed by atoms with Crippen LogP contribution in [0.15, 0.2) is 60.7 Å². The number of methoxy groups -OCH3 is 1. The van der Waals surface area contributed by atoms with E-state index in [0.29, 0.717) is 16.8 Å².